The number of ether oxygens (including phenoxy) is 1. The van der Waals surface area contributed by atoms with E-state index in [-0.39, 0.29) is 24.7 Å². The van der Waals surface area contributed by atoms with E-state index in [0.29, 0.717) is 13.0 Å². The largest absolute Gasteiger partial charge is 0.395 e. The summed E-state index contributed by atoms with van der Waals surface area (Å²) in [5, 5.41) is 10.6. The lowest BCUT2D eigenvalue weighted by molar-refractivity contribution is -0.140. The fourth-order valence-electron chi connectivity index (χ4n) is 1.46. The molecule has 0 fully saturated rings. The van der Waals surface area contributed by atoms with E-state index in [2.05, 4.69) is 11.8 Å². The van der Waals surface area contributed by atoms with Crippen LogP contribution in [-0.2, 0) is 16.1 Å². The Balaban J connectivity index is 2.49. The van der Waals surface area contributed by atoms with Crippen LogP contribution in [0, 0.1) is 11.8 Å². The highest BCUT2D eigenvalue weighted by atomic mass is 32.1. The Morgan fingerprint density at radius 1 is 1.48 bits per heavy atom. The van der Waals surface area contributed by atoms with Crippen LogP contribution < -0.4 is 0 Å². The zero-order valence-electron chi connectivity index (χ0n) is 13.1. The molecule has 1 rings (SSSR count). The third-order valence-electron chi connectivity index (χ3n) is 2.57. The molecular weight excluding hydrogens is 286 g/mol. The molecule has 0 aliphatic rings. The fourth-order valence-corrected chi connectivity index (χ4v) is 2.33. The summed E-state index contributed by atoms with van der Waals surface area (Å²) >= 11 is 1.58. The van der Waals surface area contributed by atoms with Gasteiger partial charge in [-0.15, -0.1) is 11.3 Å². The number of carbonyl (C=O) groups excluding carboxylic acids is 1. The van der Waals surface area contributed by atoms with E-state index in [1.165, 1.54) is 0 Å². The van der Waals surface area contributed by atoms with Gasteiger partial charge in [0.1, 0.15) is 6.61 Å². The lowest BCUT2D eigenvalue weighted by Gasteiger charge is -2.22. The van der Waals surface area contributed by atoms with Crippen LogP contribution in [0.1, 0.15) is 37.6 Å². The van der Waals surface area contributed by atoms with Gasteiger partial charge in [-0.05, 0) is 26.8 Å². The highest BCUT2D eigenvalue weighted by Gasteiger charge is 2.16. The molecule has 0 atom stereocenters. The number of likely N-dealkylation sites (N-methyl/N-ethyl adjacent to an activating group) is 1. The molecule has 1 heterocycles. The van der Waals surface area contributed by atoms with Gasteiger partial charge in [0.05, 0.1) is 18.8 Å². The molecule has 1 aromatic rings. The fraction of sp³-hybridized carbons (Fsp3) is 0.562. The van der Waals surface area contributed by atoms with Crippen LogP contribution >= 0.6 is 11.3 Å². The van der Waals surface area contributed by atoms with E-state index in [4.69, 9.17) is 9.84 Å². The molecule has 0 aromatic carbocycles. The van der Waals surface area contributed by atoms with Crippen molar-refractivity contribution in [3.05, 3.63) is 21.9 Å². The van der Waals surface area contributed by atoms with Gasteiger partial charge in [0.2, 0.25) is 5.91 Å². The smallest absolute Gasteiger partial charge is 0.248 e. The summed E-state index contributed by atoms with van der Waals surface area (Å²) in [7, 11) is 1.77. The van der Waals surface area contributed by atoms with Crippen molar-refractivity contribution < 1.29 is 14.6 Å². The Morgan fingerprint density at radius 2 is 2.19 bits per heavy atom. The van der Waals surface area contributed by atoms with Gasteiger partial charge >= 0.3 is 0 Å². The number of aliphatic hydroxyl groups excluding tert-OH is 1. The van der Waals surface area contributed by atoms with Gasteiger partial charge in [0.25, 0.3) is 0 Å². The number of amides is 1. The Labute approximate surface area is 130 Å². The molecule has 4 nitrogen and oxygen atoms in total. The van der Waals surface area contributed by atoms with Crippen LogP contribution in [-0.4, -0.2) is 41.8 Å². The quantitative estimate of drug-likeness (QED) is 0.849. The topological polar surface area (TPSA) is 49.8 Å². The van der Waals surface area contributed by atoms with E-state index >= 15 is 0 Å². The Kier molecular flexibility index (Phi) is 6.90. The minimum atomic E-state index is -0.311. The molecular formula is C16H23NO3S. The zero-order chi connectivity index (χ0) is 15.9. The third-order valence-corrected chi connectivity index (χ3v) is 3.49. The maximum atomic E-state index is 12.0. The second kappa shape index (κ2) is 8.18. The summed E-state index contributed by atoms with van der Waals surface area (Å²) in [6.45, 7) is 6.51. The SMILES string of the molecule is CN(Cc1cc(C#CCCO)cs1)C(=O)COC(C)(C)C. The molecule has 0 saturated carbocycles. The summed E-state index contributed by atoms with van der Waals surface area (Å²) < 4.78 is 5.49. The highest BCUT2D eigenvalue weighted by Crippen LogP contribution is 2.16. The van der Waals surface area contributed by atoms with Crippen molar-refractivity contribution in [2.45, 2.75) is 39.3 Å². The first-order chi connectivity index (χ1) is 9.81. The average Bonchev–Trinajstić information content (AvgIpc) is 2.83. The minimum Gasteiger partial charge on any atom is -0.395 e. The van der Waals surface area contributed by atoms with Crippen LogP contribution in [0.4, 0.5) is 0 Å². The van der Waals surface area contributed by atoms with Gasteiger partial charge < -0.3 is 14.7 Å². The molecule has 21 heavy (non-hydrogen) atoms. The molecule has 5 heteroatoms. The van der Waals surface area contributed by atoms with Crippen molar-refractivity contribution in [2.24, 2.45) is 0 Å². The molecule has 1 aromatic heterocycles. The molecule has 0 spiro atoms. The molecule has 0 bridgehead atoms. The van der Waals surface area contributed by atoms with E-state index < -0.39 is 0 Å². The van der Waals surface area contributed by atoms with Crippen LogP contribution in [0.3, 0.4) is 0 Å². The van der Waals surface area contributed by atoms with Crippen LogP contribution in [0.5, 0.6) is 0 Å². The third kappa shape index (κ3) is 7.28. The normalized spacial score (nSPS) is 10.9. The molecule has 1 amide bonds. The number of hydrogen-bond donors (Lipinski definition) is 1. The van der Waals surface area contributed by atoms with Crippen molar-refractivity contribution in [1.82, 2.24) is 4.90 Å². The van der Waals surface area contributed by atoms with E-state index in [1.54, 1.807) is 23.3 Å². The highest BCUT2D eigenvalue weighted by molar-refractivity contribution is 7.10. The first-order valence-corrected chi connectivity index (χ1v) is 7.75. The maximum Gasteiger partial charge on any atom is 0.248 e. The van der Waals surface area contributed by atoms with Crippen LogP contribution in [0.15, 0.2) is 11.4 Å². The summed E-state index contributed by atoms with van der Waals surface area (Å²) in [6, 6.07) is 1.98. The lowest BCUT2D eigenvalue weighted by Crippen LogP contribution is -2.33. The van der Waals surface area contributed by atoms with Crippen molar-refractivity contribution in [3.63, 3.8) is 0 Å². The average molecular weight is 309 g/mol. The minimum absolute atomic E-state index is 0.0359. The number of hydrogen-bond acceptors (Lipinski definition) is 4. The Bertz CT molecular complexity index is 520. The van der Waals surface area contributed by atoms with Crippen molar-refractivity contribution in [2.75, 3.05) is 20.3 Å². The predicted molar refractivity (Wildman–Crippen MR) is 85.1 cm³/mol. The number of nitrogens with zero attached hydrogens (tertiary/aromatic N) is 1. The van der Waals surface area contributed by atoms with Gasteiger partial charge in [0.15, 0.2) is 0 Å². The first-order valence-electron chi connectivity index (χ1n) is 6.87. The molecule has 116 valence electrons. The van der Waals surface area contributed by atoms with Crippen LogP contribution in [0.2, 0.25) is 0 Å². The monoisotopic (exact) mass is 309 g/mol. The van der Waals surface area contributed by atoms with Gasteiger partial charge in [0, 0.05) is 29.3 Å². The number of aliphatic hydroxyl groups is 1. The van der Waals surface area contributed by atoms with Crippen molar-refractivity contribution >= 4 is 17.2 Å². The summed E-state index contributed by atoms with van der Waals surface area (Å²) in [4.78, 5) is 14.7. The summed E-state index contributed by atoms with van der Waals surface area (Å²) in [6.07, 6.45) is 0.480. The van der Waals surface area contributed by atoms with Gasteiger partial charge in [-0.3, -0.25) is 4.79 Å². The number of carbonyl (C=O) groups is 1. The molecule has 0 aliphatic carbocycles. The lowest BCUT2D eigenvalue weighted by atomic mass is 10.2. The summed E-state index contributed by atoms with van der Waals surface area (Å²) in [5.74, 6) is 5.83. The molecule has 0 saturated heterocycles. The van der Waals surface area contributed by atoms with E-state index in [1.807, 2.05) is 32.2 Å². The van der Waals surface area contributed by atoms with Crippen molar-refractivity contribution in [3.8, 4) is 11.8 Å². The predicted octanol–water partition coefficient (Wildman–Crippen LogP) is 2.26. The second-order valence-electron chi connectivity index (χ2n) is 5.73. The van der Waals surface area contributed by atoms with Gasteiger partial charge in [-0.25, -0.2) is 0 Å². The first kappa shape index (κ1) is 17.7. The molecule has 0 unspecified atom stereocenters. The zero-order valence-corrected chi connectivity index (χ0v) is 13.9. The Morgan fingerprint density at radius 3 is 2.81 bits per heavy atom. The number of thiophene rings is 1. The molecule has 1 N–H and O–H groups in total. The number of rotatable bonds is 5. The van der Waals surface area contributed by atoms with Gasteiger partial charge in [-0.2, -0.15) is 0 Å². The van der Waals surface area contributed by atoms with Crippen molar-refractivity contribution in [1.29, 1.82) is 0 Å². The second-order valence-corrected chi connectivity index (χ2v) is 6.72. The molecule has 0 radical (unpaired) electrons. The van der Waals surface area contributed by atoms with E-state index in [9.17, 15) is 4.79 Å². The van der Waals surface area contributed by atoms with Crippen LogP contribution in [0.25, 0.3) is 0 Å². The summed E-state index contributed by atoms with van der Waals surface area (Å²) in [5.41, 5.74) is 0.616. The van der Waals surface area contributed by atoms with Gasteiger partial charge in [-0.1, -0.05) is 11.8 Å². The Hall–Kier alpha value is -1.35. The molecule has 0 aliphatic heterocycles. The van der Waals surface area contributed by atoms with E-state index in [0.717, 1.165) is 10.4 Å². The standard InChI is InChI=1S/C16H23NO3S/c1-16(2,3)20-11-15(19)17(4)10-14-9-13(12-21-14)7-5-6-8-18/h9,12,18H,6,8,10-11H2,1-4H3. The maximum absolute atomic E-state index is 12.0.